The number of thioether (sulfide) groups is 1. The molecule has 0 saturated heterocycles. The van der Waals surface area contributed by atoms with Gasteiger partial charge in [-0.25, -0.2) is 0 Å². The molecule has 0 fully saturated rings. The number of benzene rings is 1. The number of unbranched alkanes of at least 4 members (excludes halogenated alkanes) is 1. The Morgan fingerprint density at radius 2 is 2.13 bits per heavy atom. The smallest absolute Gasteiger partial charge is 0.0135 e. The normalized spacial score (nSPS) is 24.2. The van der Waals surface area contributed by atoms with E-state index >= 15 is 0 Å². The first-order valence-corrected chi connectivity index (χ1v) is 6.87. The van der Waals surface area contributed by atoms with Crippen LogP contribution in [0.2, 0.25) is 0 Å². The van der Waals surface area contributed by atoms with E-state index in [1.165, 1.54) is 29.7 Å². The summed E-state index contributed by atoms with van der Waals surface area (Å²) >= 11 is 2.06. The summed E-state index contributed by atoms with van der Waals surface area (Å²) in [5.74, 6) is 0.797. The molecule has 0 bridgehead atoms. The zero-order valence-corrected chi connectivity index (χ0v) is 10.7. The second-order valence-corrected chi connectivity index (χ2v) is 6.03. The molecular weight excluding hydrogens is 200 g/mol. The van der Waals surface area contributed by atoms with Crippen LogP contribution in [0.5, 0.6) is 0 Å². The Bertz CT molecular complexity index is 343. The van der Waals surface area contributed by atoms with E-state index in [2.05, 4.69) is 50.7 Å². The minimum Gasteiger partial charge on any atom is -0.122 e. The Labute approximate surface area is 97.5 Å². The van der Waals surface area contributed by atoms with Crippen molar-refractivity contribution in [3.05, 3.63) is 29.3 Å². The van der Waals surface area contributed by atoms with Gasteiger partial charge in [-0.2, -0.15) is 0 Å². The van der Waals surface area contributed by atoms with Gasteiger partial charge in [-0.3, -0.25) is 0 Å². The summed E-state index contributed by atoms with van der Waals surface area (Å²) in [6, 6.07) is 6.96. The zero-order valence-electron chi connectivity index (χ0n) is 9.92. The average molecular weight is 220 g/mol. The summed E-state index contributed by atoms with van der Waals surface area (Å²) in [5.41, 5.74) is 3.00. The maximum absolute atomic E-state index is 2.38. The van der Waals surface area contributed by atoms with Crippen molar-refractivity contribution in [2.75, 3.05) is 0 Å². The van der Waals surface area contributed by atoms with Gasteiger partial charge >= 0.3 is 0 Å². The third kappa shape index (κ3) is 2.23. The van der Waals surface area contributed by atoms with Crippen molar-refractivity contribution in [3.63, 3.8) is 0 Å². The Hall–Kier alpha value is -0.430. The van der Waals surface area contributed by atoms with Crippen molar-refractivity contribution in [3.8, 4) is 0 Å². The van der Waals surface area contributed by atoms with Crippen molar-refractivity contribution in [1.82, 2.24) is 0 Å². The summed E-state index contributed by atoms with van der Waals surface area (Å²) in [6.45, 7) is 6.84. The standard InChI is InChI=1S/C14H20S/c1-4-5-6-12-11(3)15-14-9-10(2)7-8-13(12)14/h7-9,11-12H,4-6H2,1-3H3. The van der Waals surface area contributed by atoms with Crippen LogP contribution in [0.4, 0.5) is 0 Å². The molecule has 0 saturated carbocycles. The second-order valence-electron chi connectivity index (χ2n) is 4.61. The molecule has 0 N–H and O–H groups in total. The van der Waals surface area contributed by atoms with Crippen LogP contribution in [0.1, 0.15) is 50.2 Å². The van der Waals surface area contributed by atoms with Crippen molar-refractivity contribution in [2.45, 2.75) is 56.1 Å². The van der Waals surface area contributed by atoms with Crippen LogP contribution in [0.15, 0.2) is 23.1 Å². The lowest BCUT2D eigenvalue weighted by Crippen LogP contribution is -2.05. The van der Waals surface area contributed by atoms with E-state index in [0.29, 0.717) is 0 Å². The van der Waals surface area contributed by atoms with E-state index < -0.39 is 0 Å². The van der Waals surface area contributed by atoms with Gasteiger partial charge in [0, 0.05) is 10.1 Å². The monoisotopic (exact) mass is 220 g/mol. The van der Waals surface area contributed by atoms with Gasteiger partial charge < -0.3 is 0 Å². The molecular formula is C14H20S. The summed E-state index contributed by atoms with van der Waals surface area (Å²) in [5, 5.41) is 0.772. The molecule has 0 aromatic heterocycles. The molecule has 1 heterocycles. The highest BCUT2D eigenvalue weighted by Gasteiger charge is 2.29. The predicted molar refractivity (Wildman–Crippen MR) is 68.8 cm³/mol. The lowest BCUT2D eigenvalue weighted by atomic mass is 9.91. The molecule has 1 aromatic carbocycles. The number of fused-ring (bicyclic) bond motifs is 1. The molecule has 15 heavy (non-hydrogen) atoms. The highest BCUT2D eigenvalue weighted by molar-refractivity contribution is 8.00. The third-order valence-corrected chi connectivity index (χ3v) is 4.62. The Morgan fingerprint density at radius 3 is 2.87 bits per heavy atom. The fraction of sp³-hybridized carbons (Fsp3) is 0.571. The van der Waals surface area contributed by atoms with Crippen molar-refractivity contribution < 1.29 is 0 Å². The van der Waals surface area contributed by atoms with Gasteiger partial charge in [-0.15, -0.1) is 11.8 Å². The Kier molecular flexibility index (Phi) is 3.40. The molecule has 0 amide bonds. The van der Waals surface area contributed by atoms with Gasteiger partial charge in [-0.05, 0) is 30.9 Å². The van der Waals surface area contributed by atoms with E-state index in [9.17, 15) is 0 Å². The lowest BCUT2D eigenvalue weighted by Gasteiger charge is -2.14. The van der Waals surface area contributed by atoms with Crippen molar-refractivity contribution in [2.24, 2.45) is 0 Å². The Balaban J connectivity index is 2.21. The number of hydrogen-bond donors (Lipinski definition) is 0. The molecule has 82 valence electrons. The van der Waals surface area contributed by atoms with Gasteiger partial charge in [-0.1, -0.05) is 44.4 Å². The molecule has 1 aliphatic rings. The fourth-order valence-electron chi connectivity index (χ4n) is 2.40. The van der Waals surface area contributed by atoms with Crippen LogP contribution in [-0.4, -0.2) is 5.25 Å². The van der Waals surface area contributed by atoms with Crippen molar-refractivity contribution in [1.29, 1.82) is 0 Å². The van der Waals surface area contributed by atoms with E-state index in [0.717, 1.165) is 11.2 Å². The van der Waals surface area contributed by atoms with Crippen LogP contribution in [0, 0.1) is 6.92 Å². The third-order valence-electron chi connectivity index (χ3n) is 3.32. The highest BCUT2D eigenvalue weighted by atomic mass is 32.2. The fourth-order valence-corrected chi connectivity index (χ4v) is 3.86. The first kappa shape index (κ1) is 11.1. The van der Waals surface area contributed by atoms with E-state index in [1.807, 2.05) is 0 Å². The maximum Gasteiger partial charge on any atom is 0.0135 e. The van der Waals surface area contributed by atoms with Gasteiger partial charge in [0.15, 0.2) is 0 Å². The topological polar surface area (TPSA) is 0 Å². The number of aryl methyl sites for hydroxylation is 1. The van der Waals surface area contributed by atoms with E-state index in [4.69, 9.17) is 0 Å². The summed E-state index contributed by atoms with van der Waals surface area (Å²) in [6.07, 6.45) is 4.04. The number of hydrogen-bond acceptors (Lipinski definition) is 1. The summed E-state index contributed by atoms with van der Waals surface area (Å²) in [7, 11) is 0. The molecule has 2 rings (SSSR count). The molecule has 0 radical (unpaired) electrons. The first-order chi connectivity index (χ1) is 7.22. The van der Waals surface area contributed by atoms with Gasteiger partial charge in [0.25, 0.3) is 0 Å². The second kappa shape index (κ2) is 4.61. The molecule has 0 nitrogen and oxygen atoms in total. The predicted octanol–water partition coefficient (Wildman–Crippen LogP) is 4.76. The highest BCUT2D eigenvalue weighted by Crippen LogP contribution is 2.47. The minimum atomic E-state index is 0.772. The van der Waals surface area contributed by atoms with Crippen molar-refractivity contribution >= 4 is 11.8 Å². The SMILES string of the molecule is CCCCC1c2ccc(C)cc2SC1C. The van der Waals surface area contributed by atoms with Crippen LogP contribution < -0.4 is 0 Å². The quantitative estimate of drug-likeness (QED) is 0.707. The van der Waals surface area contributed by atoms with Gasteiger partial charge in [0.1, 0.15) is 0 Å². The zero-order chi connectivity index (χ0) is 10.8. The Morgan fingerprint density at radius 1 is 1.33 bits per heavy atom. The molecule has 2 unspecified atom stereocenters. The molecule has 2 atom stereocenters. The number of rotatable bonds is 3. The minimum absolute atomic E-state index is 0.772. The first-order valence-electron chi connectivity index (χ1n) is 5.99. The van der Waals surface area contributed by atoms with Crippen LogP contribution >= 0.6 is 11.8 Å². The summed E-state index contributed by atoms with van der Waals surface area (Å²) in [4.78, 5) is 1.53. The van der Waals surface area contributed by atoms with Crippen LogP contribution in [0.3, 0.4) is 0 Å². The maximum atomic E-state index is 2.38. The van der Waals surface area contributed by atoms with E-state index in [-0.39, 0.29) is 0 Å². The molecule has 1 aliphatic heterocycles. The van der Waals surface area contributed by atoms with E-state index in [1.54, 1.807) is 5.56 Å². The lowest BCUT2D eigenvalue weighted by molar-refractivity contribution is 0.584. The van der Waals surface area contributed by atoms with Crippen LogP contribution in [0.25, 0.3) is 0 Å². The summed E-state index contributed by atoms with van der Waals surface area (Å²) < 4.78 is 0. The largest absolute Gasteiger partial charge is 0.122 e. The van der Waals surface area contributed by atoms with Gasteiger partial charge in [0.2, 0.25) is 0 Å². The van der Waals surface area contributed by atoms with Crippen LogP contribution in [-0.2, 0) is 0 Å². The average Bonchev–Trinajstić information content (AvgIpc) is 2.50. The molecule has 1 heteroatoms. The van der Waals surface area contributed by atoms with Gasteiger partial charge in [0.05, 0.1) is 0 Å². The molecule has 0 spiro atoms. The molecule has 0 aliphatic carbocycles. The molecule has 1 aromatic rings.